The Morgan fingerprint density at radius 1 is 1.32 bits per heavy atom. The number of aromatic nitrogens is 3. The lowest BCUT2D eigenvalue weighted by molar-refractivity contribution is -0.122. The van der Waals surface area contributed by atoms with Crippen LogP contribution in [-0.2, 0) is 16.1 Å². The Morgan fingerprint density at radius 3 is 2.84 bits per heavy atom. The third-order valence-corrected chi connectivity index (χ3v) is 6.00. The number of anilines is 1. The van der Waals surface area contributed by atoms with Gasteiger partial charge in [0.2, 0.25) is 5.91 Å². The highest BCUT2D eigenvalue weighted by atomic mass is 16.5. The third-order valence-electron chi connectivity index (χ3n) is 6.00. The second-order valence-electron chi connectivity index (χ2n) is 8.34. The number of imidazole rings is 1. The van der Waals surface area contributed by atoms with Gasteiger partial charge in [-0.2, -0.15) is 0 Å². The van der Waals surface area contributed by atoms with Gasteiger partial charge in [-0.15, -0.1) is 0 Å². The quantitative estimate of drug-likeness (QED) is 0.549. The number of benzene rings is 1. The fraction of sp³-hybridized carbons (Fsp3) is 0.458. The third kappa shape index (κ3) is 4.56. The van der Waals surface area contributed by atoms with E-state index in [0.717, 1.165) is 29.9 Å². The highest BCUT2D eigenvalue weighted by molar-refractivity contribution is 5.86. The van der Waals surface area contributed by atoms with Crippen molar-refractivity contribution in [2.24, 2.45) is 5.92 Å². The van der Waals surface area contributed by atoms with E-state index in [-0.39, 0.29) is 17.9 Å². The summed E-state index contributed by atoms with van der Waals surface area (Å²) in [5, 5.41) is 3.13. The van der Waals surface area contributed by atoms with Gasteiger partial charge in [0, 0.05) is 30.8 Å². The van der Waals surface area contributed by atoms with Crippen molar-refractivity contribution >= 4 is 22.8 Å². The Hall–Kier alpha value is -2.93. The summed E-state index contributed by atoms with van der Waals surface area (Å²) in [7, 11) is 0. The summed E-state index contributed by atoms with van der Waals surface area (Å²) < 4.78 is 7.80. The normalized spacial score (nSPS) is 18.8. The van der Waals surface area contributed by atoms with Crippen LogP contribution in [0.15, 0.2) is 36.4 Å². The number of pyridine rings is 1. The molecule has 1 fully saturated rings. The number of amides is 1. The van der Waals surface area contributed by atoms with E-state index < -0.39 is 0 Å². The number of nitrogen functional groups attached to an aromatic ring is 1. The molecule has 1 aliphatic carbocycles. The van der Waals surface area contributed by atoms with Crippen molar-refractivity contribution in [1.29, 1.82) is 0 Å². The maximum atomic E-state index is 12.6. The SMILES string of the molecule is CCOCc1nc2c(N)nc(C)cc2n1C(C)CCNC(=O)C1CC1c1ccccc1. The molecule has 2 aromatic heterocycles. The molecule has 0 bridgehead atoms. The predicted molar refractivity (Wildman–Crippen MR) is 122 cm³/mol. The van der Waals surface area contributed by atoms with Crippen LogP contribution in [0.3, 0.4) is 0 Å². The number of ether oxygens (including phenoxy) is 1. The van der Waals surface area contributed by atoms with E-state index in [1.54, 1.807) is 0 Å². The van der Waals surface area contributed by atoms with Crippen LogP contribution >= 0.6 is 0 Å². The van der Waals surface area contributed by atoms with Gasteiger partial charge in [0.1, 0.15) is 17.9 Å². The first-order valence-electron chi connectivity index (χ1n) is 11.0. The van der Waals surface area contributed by atoms with Crippen LogP contribution in [0.4, 0.5) is 5.82 Å². The van der Waals surface area contributed by atoms with E-state index >= 15 is 0 Å². The Morgan fingerprint density at radius 2 is 2.10 bits per heavy atom. The summed E-state index contributed by atoms with van der Waals surface area (Å²) in [5.74, 6) is 1.87. The monoisotopic (exact) mass is 421 g/mol. The molecule has 0 radical (unpaired) electrons. The van der Waals surface area contributed by atoms with E-state index in [9.17, 15) is 4.79 Å². The second-order valence-corrected chi connectivity index (χ2v) is 8.34. The number of fused-ring (bicyclic) bond motifs is 1. The van der Waals surface area contributed by atoms with Crippen LogP contribution in [0.1, 0.15) is 55.7 Å². The minimum atomic E-state index is 0.0915. The smallest absolute Gasteiger partial charge is 0.223 e. The molecule has 0 spiro atoms. The average Bonchev–Trinajstić information content (AvgIpc) is 3.48. The van der Waals surface area contributed by atoms with Gasteiger partial charge < -0.3 is 20.4 Å². The maximum Gasteiger partial charge on any atom is 0.223 e. The largest absolute Gasteiger partial charge is 0.382 e. The lowest BCUT2D eigenvalue weighted by atomic mass is 10.1. The molecule has 1 amide bonds. The summed E-state index contributed by atoms with van der Waals surface area (Å²) in [4.78, 5) is 21.6. The first kappa shape index (κ1) is 21.3. The summed E-state index contributed by atoms with van der Waals surface area (Å²) in [6.07, 6.45) is 1.72. The molecule has 2 heterocycles. The zero-order valence-electron chi connectivity index (χ0n) is 18.5. The molecule has 3 aromatic rings. The lowest BCUT2D eigenvalue weighted by Gasteiger charge is -2.18. The van der Waals surface area contributed by atoms with E-state index in [1.807, 2.05) is 38.1 Å². The van der Waals surface area contributed by atoms with Gasteiger partial charge in [-0.1, -0.05) is 30.3 Å². The van der Waals surface area contributed by atoms with Crippen molar-refractivity contribution in [3.05, 3.63) is 53.5 Å². The van der Waals surface area contributed by atoms with Crippen molar-refractivity contribution in [3.63, 3.8) is 0 Å². The van der Waals surface area contributed by atoms with Crippen LogP contribution in [0, 0.1) is 12.8 Å². The van der Waals surface area contributed by atoms with E-state index in [4.69, 9.17) is 15.5 Å². The van der Waals surface area contributed by atoms with Gasteiger partial charge in [0.25, 0.3) is 0 Å². The Labute approximate surface area is 183 Å². The van der Waals surface area contributed by atoms with Crippen LogP contribution in [0.2, 0.25) is 0 Å². The van der Waals surface area contributed by atoms with Gasteiger partial charge in [0.15, 0.2) is 5.82 Å². The van der Waals surface area contributed by atoms with E-state index in [1.165, 1.54) is 5.56 Å². The molecule has 7 heteroatoms. The number of rotatable bonds is 9. The van der Waals surface area contributed by atoms with Crippen LogP contribution in [0.5, 0.6) is 0 Å². The average molecular weight is 422 g/mol. The summed E-state index contributed by atoms with van der Waals surface area (Å²) in [6.45, 7) is 7.68. The van der Waals surface area contributed by atoms with E-state index in [0.29, 0.717) is 37.0 Å². The molecule has 1 saturated carbocycles. The molecule has 1 aromatic carbocycles. The molecule has 3 atom stereocenters. The molecule has 4 rings (SSSR count). The van der Waals surface area contributed by atoms with Crippen molar-refractivity contribution in [2.75, 3.05) is 18.9 Å². The second kappa shape index (κ2) is 9.06. The van der Waals surface area contributed by atoms with Gasteiger partial charge >= 0.3 is 0 Å². The Kier molecular flexibility index (Phi) is 6.23. The molecular weight excluding hydrogens is 390 g/mol. The maximum absolute atomic E-state index is 12.6. The van der Waals surface area contributed by atoms with Gasteiger partial charge in [-0.25, -0.2) is 9.97 Å². The minimum Gasteiger partial charge on any atom is -0.382 e. The molecule has 1 aliphatic rings. The van der Waals surface area contributed by atoms with Crippen LogP contribution < -0.4 is 11.1 Å². The van der Waals surface area contributed by atoms with Crippen LogP contribution in [0.25, 0.3) is 11.0 Å². The number of nitrogens with two attached hydrogens (primary N) is 1. The zero-order valence-corrected chi connectivity index (χ0v) is 18.5. The predicted octanol–water partition coefficient (Wildman–Crippen LogP) is 3.73. The molecule has 3 N–H and O–H groups in total. The number of hydrogen-bond acceptors (Lipinski definition) is 5. The highest BCUT2D eigenvalue weighted by Crippen LogP contribution is 2.47. The van der Waals surface area contributed by atoms with E-state index in [2.05, 4.69) is 33.9 Å². The molecule has 0 aliphatic heterocycles. The minimum absolute atomic E-state index is 0.0915. The van der Waals surface area contributed by atoms with Gasteiger partial charge in [0.05, 0.1) is 5.52 Å². The van der Waals surface area contributed by atoms with Gasteiger partial charge in [-0.05, 0) is 51.2 Å². The number of carbonyl (C=O) groups excluding carboxylic acids is 1. The molecular formula is C24H31N5O2. The number of hydrogen-bond donors (Lipinski definition) is 2. The van der Waals surface area contributed by atoms with Crippen molar-refractivity contribution in [2.45, 2.75) is 52.2 Å². The molecule has 3 unspecified atom stereocenters. The zero-order chi connectivity index (χ0) is 22.0. The summed E-state index contributed by atoms with van der Waals surface area (Å²) in [6, 6.07) is 12.4. The molecule has 7 nitrogen and oxygen atoms in total. The first-order chi connectivity index (χ1) is 15.0. The standard InChI is InChI=1S/C24H31N5O2/c1-4-31-14-21-28-22-20(12-15(2)27-23(22)25)29(21)16(3)10-11-26-24(30)19-13-18(19)17-8-6-5-7-9-17/h5-9,12,16,18-19H,4,10-11,13-14H2,1-3H3,(H2,25,27)(H,26,30). The van der Waals surface area contributed by atoms with Crippen molar-refractivity contribution in [3.8, 4) is 0 Å². The first-order valence-corrected chi connectivity index (χ1v) is 11.0. The van der Waals surface area contributed by atoms with Gasteiger partial charge in [-0.3, -0.25) is 4.79 Å². The summed E-state index contributed by atoms with van der Waals surface area (Å²) >= 11 is 0. The highest BCUT2D eigenvalue weighted by Gasteiger charge is 2.43. The number of nitrogens with one attached hydrogen (secondary N) is 1. The van der Waals surface area contributed by atoms with Crippen LogP contribution in [-0.4, -0.2) is 33.6 Å². The molecule has 0 saturated heterocycles. The van der Waals surface area contributed by atoms with Crippen molar-refractivity contribution in [1.82, 2.24) is 19.9 Å². The fourth-order valence-electron chi connectivity index (χ4n) is 4.30. The fourth-order valence-corrected chi connectivity index (χ4v) is 4.30. The Balaban J connectivity index is 1.41. The lowest BCUT2D eigenvalue weighted by Crippen LogP contribution is -2.28. The van der Waals surface area contributed by atoms with Crippen molar-refractivity contribution < 1.29 is 9.53 Å². The summed E-state index contributed by atoms with van der Waals surface area (Å²) in [5.41, 5.74) is 9.90. The number of nitrogens with zero attached hydrogens (tertiary/aromatic N) is 3. The number of carbonyl (C=O) groups is 1. The Bertz CT molecular complexity index is 1060. The number of aryl methyl sites for hydroxylation is 1. The molecule has 31 heavy (non-hydrogen) atoms. The topological polar surface area (TPSA) is 95.1 Å². The molecule has 164 valence electrons.